The first kappa shape index (κ1) is 13.3. The summed E-state index contributed by atoms with van der Waals surface area (Å²) in [6, 6.07) is 0. The molecule has 2 heterocycles. The van der Waals surface area contributed by atoms with Crippen LogP contribution in [0.25, 0.3) is 0 Å². The summed E-state index contributed by atoms with van der Waals surface area (Å²) in [5, 5.41) is 3.38. The third-order valence-corrected chi connectivity index (χ3v) is 3.84. The second-order valence-corrected chi connectivity index (χ2v) is 5.30. The van der Waals surface area contributed by atoms with Gasteiger partial charge in [-0.25, -0.2) is 0 Å². The van der Waals surface area contributed by atoms with E-state index in [0.29, 0.717) is 0 Å². The van der Waals surface area contributed by atoms with Gasteiger partial charge in [0.05, 0.1) is 24.4 Å². The lowest BCUT2D eigenvalue weighted by Crippen LogP contribution is -2.41. The van der Waals surface area contributed by atoms with Gasteiger partial charge in [-0.05, 0) is 39.3 Å². The lowest BCUT2D eigenvalue weighted by atomic mass is 9.89. The largest absolute Gasteiger partial charge is 0.385 e. The molecule has 4 heteroatoms. The van der Waals surface area contributed by atoms with Crippen LogP contribution in [-0.2, 0) is 14.2 Å². The van der Waals surface area contributed by atoms with E-state index in [1.807, 2.05) is 0 Å². The Morgan fingerprint density at radius 3 is 2.88 bits per heavy atom. The minimum absolute atomic E-state index is 0.108. The van der Waals surface area contributed by atoms with Crippen LogP contribution in [0.4, 0.5) is 0 Å². The molecule has 0 saturated carbocycles. The third-order valence-electron chi connectivity index (χ3n) is 3.84. The summed E-state index contributed by atoms with van der Waals surface area (Å²) >= 11 is 0. The van der Waals surface area contributed by atoms with Crippen molar-refractivity contribution in [3.8, 4) is 0 Å². The fourth-order valence-electron chi connectivity index (χ4n) is 2.80. The van der Waals surface area contributed by atoms with Crippen LogP contribution in [0.5, 0.6) is 0 Å². The normalized spacial score (nSPS) is 29.6. The van der Waals surface area contributed by atoms with E-state index in [2.05, 4.69) is 12.2 Å². The number of hydrogen-bond acceptors (Lipinski definition) is 4. The molecule has 0 aromatic heterocycles. The Hall–Kier alpha value is -0.160. The zero-order chi connectivity index (χ0) is 12.1. The predicted octanol–water partition coefficient (Wildman–Crippen LogP) is 1.34. The van der Waals surface area contributed by atoms with Crippen LogP contribution in [-0.4, -0.2) is 51.2 Å². The number of hydrogen-bond donors (Lipinski definition) is 1. The number of piperidine rings is 1. The standard InChI is InChI=1S/C13H25NO3/c1-11(3-8-15-2)17-12-9-13(16-10-12)4-6-14-7-5-13/h11-12,14H,3-10H2,1-2H3. The molecule has 0 amide bonds. The van der Waals surface area contributed by atoms with Gasteiger partial charge >= 0.3 is 0 Å². The zero-order valence-electron chi connectivity index (χ0n) is 11.0. The topological polar surface area (TPSA) is 39.7 Å². The van der Waals surface area contributed by atoms with Crippen LogP contribution in [0, 0.1) is 0 Å². The Bertz CT molecular complexity index is 229. The van der Waals surface area contributed by atoms with E-state index >= 15 is 0 Å². The number of ether oxygens (including phenoxy) is 3. The van der Waals surface area contributed by atoms with Gasteiger partial charge in [-0.2, -0.15) is 0 Å². The van der Waals surface area contributed by atoms with E-state index in [9.17, 15) is 0 Å². The van der Waals surface area contributed by atoms with Gasteiger partial charge in [-0.1, -0.05) is 0 Å². The maximum Gasteiger partial charge on any atom is 0.0839 e. The highest BCUT2D eigenvalue weighted by atomic mass is 16.6. The lowest BCUT2D eigenvalue weighted by molar-refractivity contribution is -0.0336. The smallest absolute Gasteiger partial charge is 0.0839 e. The predicted molar refractivity (Wildman–Crippen MR) is 66.2 cm³/mol. The van der Waals surface area contributed by atoms with Crippen molar-refractivity contribution in [2.45, 2.75) is 50.4 Å². The molecule has 2 rings (SSSR count). The first-order valence-electron chi connectivity index (χ1n) is 6.73. The van der Waals surface area contributed by atoms with Gasteiger partial charge in [0.25, 0.3) is 0 Å². The molecule has 100 valence electrons. The number of rotatable bonds is 5. The van der Waals surface area contributed by atoms with E-state index < -0.39 is 0 Å². The average molecular weight is 243 g/mol. The summed E-state index contributed by atoms with van der Waals surface area (Å²) in [5.74, 6) is 0. The van der Waals surface area contributed by atoms with Crippen LogP contribution >= 0.6 is 0 Å². The van der Waals surface area contributed by atoms with E-state index in [0.717, 1.165) is 52.0 Å². The molecule has 1 N–H and O–H groups in total. The van der Waals surface area contributed by atoms with Gasteiger partial charge in [0.1, 0.15) is 0 Å². The monoisotopic (exact) mass is 243 g/mol. The molecule has 0 aliphatic carbocycles. The Balaban J connectivity index is 1.73. The van der Waals surface area contributed by atoms with Crippen LogP contribution in [0.2, 0.25) is 0 Å². The molecule has 2 fully saturated rings. The number of methoxy groups -OCH3 is 1. The van der Waals surface area contributed by atoms with Crippen molar-refractivity contribution in [1.82, 2.24) is 5.32 Å². The summed E-state index contributed by atoms with van der Waals surface area (Å²) < 4.78 is 17.1. The number of nitrogens with one attached hydrogen (secondary N) is 1. The molecular formula is C13H25NO3. The summed E-state index contributed by atoms with van der Waals surface area (Å²) in [7, 11) is 1.73. The molecule has 2 atom stereocenters. The first-order chi connectivity index (χ1) is 8.24. The maximum absolute atomic E-state index is 6.02. The van der Waals surface area contributed by atoms with Gasteiger partial charge in [-0.15, -0.1) is 0 Å². The van der Waals surface area contributed by atoms with Crippen LogP contribution < -0.4 is 5.32 Å². The molecule has 2 aliphatic rings. The molecule has 4 nitrogen and oxygen atoms in total. The van der Waals surface area contributed by atoms with E-state index in [-0.39, 0.29) is 17.8 Å². The van der Waals surface area contributed by atoms with Crippen LogP contribution in [0.3, 0.4) is 0 Å². The maximum atomic E-state index is 6.02. The Morgan fingerprint density at radius 1 is 1.41 bits per heavy atom. The minimum Gasteiger partial charge on any atom is -0.385 e. The quantitative estimate of drug-likeness (QED) is 0.791. The summed E-state index contributed by atoms with van der Waals surface area (Å²) in [6.45, 7) is 5.80. The van der Waals surface area contributed by atoms with Gasteiger partial charge in [0, 0.05) is 20.1 Å². The average Bonchev–Trinajstić information content (AvgIpc) is 2.70. The fourth-order valence-corrected chi connectivity index (χ4v) is 2.80. The molecule has 0 radical (unpaired) electrons. The van der Waals surface area contributed by atoms with Crippen molar-refractivity contribution < 1.29 is 14.2 Å². The molecule has 0 aromatic carbocycles. The van der Waals surface area contributed by atoms with Crippen molar-refractivity contribution in [3.05, 3.63) is 0 Å². The van der Waals surface area contributed by atoms with Gasteiger partial charge in [-0.3, -0.25) is 0 Å². The highest BCUT2D eigenvalue weighted by molar-refractivity contribution is 4.93. The molecule has 0 bridgehead atoms. The molecule has 17 heavy (non-hydrogen) atoms. The van der Waals surface area contributed by atoms with Crippen LogP contribution in [0.1, 0.15) is 32.6 Å². The molecule has 2 saturated heterocycles. The van der Waals surface area contributed by atoms with E-state index in [1.54, 1.807) is 7.11 Å². The molecule has 2 aliphatic heterocycles. The summed E-state index contributed by atoms with van der Waals surface area (Å²) in [6.07, 6.45) is 4.81. The summed E-state index contributed by atoms with van der Waals surface area (Å²) in [4.78, 5) is 0. The lowest BCUT2D eigenvalue weighted by Gasteiger charge is -2.32. The van der Waals surface area contributed by atoms with Gasteiger partial charge in [0.2, 0.25) is 0 Å². The molecule has 2 unspecified atom stereocenters. The third kappa shape index (κ3) is 3.65. The SMILES string of the molecule is COCCC(C)OC1COC2(CCNCC2)C1. The van der Waals surface area contributed by atoms with E-state index in [1.165, 1.54) is 0 Å². The molecule has 0 aromatic rings. The van der Waals surface area contributed by atoms with Crippen molar-refractivity contribution in [2.75, 3.05) is 33.4 Å². The Labute approximate surface area is 104 Å². The fraction of sp³-hybridized carbons (Fsp3) is 1.00. The van der Waals surface area contributed by atoms with Gasteiger partial charge in [0.15, 0.2) is 0 Å². The second kappa shape index (κ2) is 6.14. The van der Waals surface area contributed by atoms with Crippen molar-refractivity contribution in [3.63, 3.8) is 0 Å². The first-order valence-corrected chi connectivity index (χ1v) is 6.73. The second-order valence-electron chi connectivity index (χ2n) is 5.30. The highest BCUT2D eigenvalue weighted by Crippen LogP contribution is 2.35. The van der Waals surface area contributed by atoms with E-state index in [4.69, 9.17) is 14.2 Å². The van der Waals surface area contributed by atoms with Gasteiger partial charge < -0.3 is 19.5 Å². The van der Waals surface area contributed by atoms with Crippen molar-refractivity contribution >= 4 is 0 Å². The summed E-state index contributed by atoms with van der Waals surface area (Å²) in [5.41, 5.74) is 0.108. The molecular weight excluding hydrogens is 218 g/mol. The zero-order valence-corrected chi connectivity index (χ0v) is 11.0. The van der Waals surface area contributed by atoms with Crippen molar-refractivity contribution in [1.29, 1.82) is 0 Å². The van der Waals surface area contributed by atoms with Crippen LogP contribution in [0.15, 0.2) is 0 Å². The van der Waals surface area contributed by atoms with Crippen molar-refractivity contribution in [2.24, 2.45) is 0 Å². The Morgan fingerprint density at radius 2 is 2.18 bits per heavy atom. The molecule has 1 spiro atoms. The minimum atomic E-state index is 0.108. The Kier molecular flexibility index (Phi) is 4.79. The highest BCUT2D eigenvalue weighted by Gasteiger charge is 2.41.